The molecule has 0 spiro atoms. The van der Waals surface area contributed by atoms with Gasteiger partial charge in [0.2, 0.25) is 0 Å². The molecule has 0 saturated heterocycles. The van der Waals surface area contributed by atoms with Crippen LogP contribution in [0.3, 0.4) is 0 Å². The molecule has 1 aliphatic heterocycles. The van der Waals surface area contributed by atoms with Crippen molar-refractivity contribution < 1.29 is 4.79 Å². The lowest BCUT2D eigenvalue weighted by Crippen LogP contribution is -2.17. The van der Waals surface area contributed by atoms with E-state index in [0.717, 1.165) is 27.5 Å². The Bertz CT molecular complexity index is 984. The van der Waals surface area contributed by atoms with Crippen LogP contribution in [0.1, 0.15) is 33.3 Å². The first-order valence-electron chi connectivity index (χ1n) is 8.94. The molecule has 1 aliphatic rings. The second-order valence-corrected chi connectivity index (χ2v) is 8.09. The number of Topliss-reactive ketones (excluding diaryl/α,β-unsaturated/α-hetero) is 1. The number of carbonyl (C=O) groups is 1. The normalized spacial score (nSPS) is 16.1. The Hall–Kier alpha value is -2.66. The molecule has 0 radical (unpaired) electrons. The highest BCUT2D eigenvalue weighted by atomic mass is 32.2. The Morgan fingerprint density at radius 2 is 1.70 bits per heavy atom. The van der Waals surface area contributed by atoms with Crippen molar-refractivity contribution in [2.75, 3.05) is 19.0 Å². The molecule has 136 valence electrons. The number of aryl methyl sites for hydroxylation is 1. The highest BCUT2D eigenvalue weighted by Crippen LogP contribution is 2.45. The van der Waals surface area contributed by atoms with Gasteiger partial charge in [0, 0.05) is 37.0 Å². The van der Waals surface area contributed by atoms with Crippen molar-refractivity contribution >= 4 is 23.2 Å². The van der Waals surface area contributed by atoms with Crippen molar-refractivity contribution in [1.29, 1.82) is 0 Å². The molecule has 0 unspecified atom stereocenters. The van der Waals surface area contributed by atoms with Crippen LogP contribution in [0.15, 0.2) is 59.6 Å². The highest BCUT2D eigenvalue weighted by Gasteiger charge is 2.30. The minimum Gasteiger partial charge on any atom is -0.378 e. The SMILES string of the molecule is Cc1nc(-c2ccccc2)nc2c1C(=O)C[C@H](c1ccc(N(C)C)cc1)S2. The maximum Gasteiger partial charge on any atom is 0.168 e. The molecule has 0 fully saturated rings. The second-order valence-electron chi connectivity index (χ2n) is 6.90. The number of rotatable bonds is 3. The molecule has 27 heavy (non-hydrogen) atoms. The Balaban J connectivity index is 1.70. The van der Waals surface area contributed by atoms with Gasteiger partial charge in [0.25, 0.3) is 0 Å². The van der Waals surface area contributed by atoms with E-state index in [1.165, 1.54) is 0 Å². The molecule has 5 heteroatoms. The lowest BCUT2D eigenvalue weighted by molar-refractivity contribution is 0.0974. The van der Waals surface area contributed by atoms with E-state index < -0.39 is 0 Å². The molecular weight excluding hydrogens is 354 g/mol. The Morgan fingerprint density at radius 3 is 2.37 bits per heavy atom. The smallest absolute Gasteiger partial charge is 0.168 e. The predicted octanol–water partition coefficient (Wildman–Crippen LogP) is 4.94. The van der Waals surface area contributed by atoms with Crippen molar-refractivity contribution in [3.63, 3.8) is 0 Å². The predicted molar refractivity (Wildman–Crippen MR) is 111 cm³/mol. The maximum atomic E-state index is 12.8. The van der Waals surface area contributed by atoms with Gasteiger partial charge in [-0.05, 0) is 24.6 Å². The van der Waals surface area contributed by atoms with Crippen molar-refractivity contribution in [3.8, 4) is 11.4 Å². The largest absolute Gasteiger partial charge is 0.378 e. The van der Waals surface area contributed by atoms with Gasteiger partial charge < -0.3 is 4.90 Å². The van der Waals surface area contributed by atoms with E-state index in [1.54, 1.807) is 11.8 Å². The lowest BCUT2D eigenvalue weighted by Gasteiger charge is -2.24. The summed E-state index contributed by atoms with van der Waals surface area (Å²) in [5, 5.41) is 0.874. The Morgan fingerprint density at radius 1 is 1.00 bits per heavy atom. The zero-order chi connectivity index (χ0) is 19.0. The van der Waals surface area contributed by atoms with Crippen LogP contribution in [-0.2, 0) is 0 Å². The summed E-state index contributed by atoms with van der Waals surface area (Å²) in [4.78, 5) is 24.2. The number of hydrogen-bond donors (Lipinski definition) is 0. The number of nitrogens with zero attached hydrogens (tertiary/aromatic N) is 3. The maximum absolute atomic E-state index is 12.8. The van der Waals surface area contributed by atoms with E-state index >= 15 is 0 Å². The van der Waals surface area contributed by atoms with Crippen LogP contribution in [0.25, 0.3) is 11.4 Å². The summed E-state index contributed by atoms with van der Waals surface area (Å²) in [7, 11) is 4.05. The van der Waals surface area contributed by atoms with Crippen molar-refractivity contribution in [3.05, 3.63) is 71.4 Å². The molecule has 0 aliphatic carbocycles. The number of thioether (sulfide) groups is 1. The minimum absolute atomic E-state index is 0.0825. The van der Waals surface area contributed by atoms with Crippen LogP contribution in [-0.4, -0.2) is 29.8 Å². The number of aromatic nitrogens is 2. The third kappa shape index (κ3) is 3.47. The highest BCUT2D eigenvalue weighted by molar-refractivity contribution is 7.99. The van der Waals surface area contributed by atoms with Gasteiger partial charge in [-0.3, -0.25) is 4.79 Å². The summed E-state index contributed by atoms with van der Waals surface area (Å²) in [6.45, 7) is 1.90. The lowest BCUT2D eigenvalue weighted by atomic mass is 10.0. The van der Waals surface area contributed by atoms with Crippen molar-refractivity contribution in [1.82, 2.24) is 9.97 Å². The summed E-state index contributed by atoms with van der Waals surface area (Å²) < 4.78 is 0. The number of carbonyl (C=O) groups excluding carboxylic acids is 1. The summed E-state index contributed by atoms with van der Waals surface area (Å²) in [6.07, 6.45) is 0.480. The minimum atomic E-state index is 0.0825. The zero-order valence-electron chi connectivity index (χ0n) is 15.6. The zero-order valence-corrected chi connectivity index (χ0v) is 16.5. The standard InChI is InChI=1S/C22H21N3OS/c1-14-20-18(26)13-19(15-9-11-17(12-10-15)25(2)3)27-22(20)24-21(23-14)16-7-5-4-6-8-16/h4-12,19H,13H2,1-3H3/t19-/m1/s1. The van der Waals surface area contributed by atoms with E-state index in [4.69, 9.17) is 4.98 Å². The van der Waals surface area contributed by atoms with E-state index in [-0.39, 0.29) is 11.0 Å². The van der Waals surface area contributed by atoms with Gasteiger partial charge in [-0.15, -0.1) is 0 Å². The van der Waals surface area contributed by atoms with E-state index in [1.807, 2.05) is 51.4 Å². The first-order valence-corrected chi connectivity index (χ1v) is 9.82. The first kappa shape index (κ1) is 17.7. The van der Waals surface area contributed by atoms with Crippen molar-refractivity contribution in [2.45, 2.75) is 23.6 Å². The van der Waals surface area contributed by atoms with Crippen LogP contribution in [0.5, 0.6) is 0 Å². The number of ketones is 1. The van der Waals surface area contributed by atoms with Crippen LogP contribution < -0.4 is 4.90 Å². The fourth-order valence-electron chi connectivity index (χ4n) is 3.29. The topological polar surface area (TPSA) is 46.1 Å². The molecule has 1 atom stereocenters. The Labute approximate surface area is 163 Å². The quantitative estimate of drug-likeness (QED) is 0.607. The third-order valence-corrected chi connectivity index (χ3v) is 6.02. The summed E-state index contributed by atoms with van der Waals surface area (Å²) >= 11 is 1.67. The molecule has 3 aromatic rings. The molecule has 4 nitrogen and oxygen atoms in total. The molecule has 4 rings (SSSR count). The number of benzene rings is 2. The van der Waals surface area contributed by atoms with Crippen LogP contribution in [0.4, 0.5) is 5.69 Å². The number of anilines is 1. The van der Waals surface area contributed by atoms with Crippen LogP contribution in [0, 0.1) is 6.92 Å². The van der Waals surface area contributed by atoms with Gasteiger partial charge in [0.05, 0.1) is 11.3 Å². The van der Waals surface area contributed by atoms with Crippen LogP contribution in [0.2, 0.25) is 0 Å². The van der Waals surface area contributed by atoms with Gasteiger partial charge in [-0.25, -0.2) is 9.97 Å². The van der Waals surface area contributed by atoms with Crippen LogP contribution >= 0.6 is 11.8 Å². The van der Waals surface area contributed by atoms with Gasteiger partial charge in [0.1, 0.15) is 5.03 Å². The molecule has 0 amide bonds. The Kier molecular flexibility index (Phi) is 4.70. The second kappa shape index (κ2) is 7.16. The van der Waals surface area contributed by atoms with E-state index in [9.17, 15) is 4.79 Å². The molecule has 0 bridgehead atoms. The van der Waals surface area contributed by atoms with E-state index in [0.29, 0.717) is 17.8 Å². The van der Waals surface area contributed by atoms with Crippen molar-refractivity contribution in [2.24, 2.45) is 0 Å². The molecule has 0 N–H and O–H groups in total. The summed E-state index contributed by atoms with van der Waals surface area (Å²) in [5.41, 5.74) is 4.71. The average Bonchev–Trinajstić information content (AvgIpc) is 2.68. The van der Waals surface area contributed by atoms with E-state index in [2.05, 4.69) is 34.1 Å². The summed E-state index contributed by atoms with van der Waals surface area (Å²) in [5.74, 6) is 0.804. The first-order chi connectivity index (χ1) is 13.0. The fourth-order valence-corrected chi connectivity index (χ4v) is 4.61. The molecule has 2 aromatic carbocycles. The fraction of sp³-hybridized carbons (Fsp3) is 0.227. The summed E-state index contributed by atoms with van der Waals surface area (Å²) in [6, 6.07) is 18.3. The monoisotopic (exact) mass is 375 g/mol. The third-order valence-electron chi connectivity index (χ3n) is 4.77. The van der Waals surface area contributed by atoms with Gasteiger partial charge in [-0.1, -0.05) is 54.2 Å². The van der Waals surface area contributed by atoms with Gasteiger partial charge in [-0.2, -0.15) is 0 Å². The van der Waals surface area contributed by atoms with Gasteiger partial charge in [0.15, 0.2) is 11.6 Å². The molecule has 1 aromatic heterocycles. The molecule has 0 saturated carbocycles. The van der Waals surface area contributed by atoms with Gasteiger partial charge >= 0.3 is 0 Å². The molecule has 2 heterocycles. The average molecular weight is 375 g/mol. The number of fused-ring (bicyclic) bond motifs is 1. The number of hydrogen-bond acceptors (Lipinski definition) is 5. The molecular formula is C22H21N3OS.